The molecule has 0 heterocycles. The van der Waals surface area contributed by atoms with Crippen LogP contribution in [0.4, 0.5) is 0 Å². The Morgan fingerprint density at radius 3 is 1.80 bits per heavy atom. The summed E-state index contributed by atoms with van der Waals surface area (Å²) in [5.41, 5.74) is 3.44. The number of rotatable bonds is 15. The van der Waals surface area contributed by atoms with Crippen LogP contribution in [0.1, 0.15) is 85.8 Å². The maximum Gasteiger partial charge on any atom is 0.313 e. The van der Waals surface area contributed by atoms with Gasteiger partial charge in [0.1, 0.15) is 23.7 Å². The lowest BCUT2D eigenvalue weighted by atomic mass is 10.0. The largest absolute Gasteiger partial charge is 0.497 e. The van der Waals surface area contributed by atoms with Gasteiger partial charge in [0.15, 0.2) is 0 Å². The highest BCUT2D eigenvalue weighted by Crippen LogP contribution is 2.46. The van der Waals surface area contributed by atoms with Crippen LogP contribution in [0.15, 0.2) is 29.8 Å². The lowest BCUT2D eigenvalue weighted by Gasteiger charge is -2.44. The first-order valence-electron chi connectivity index (χ1n) is 12.6. The third-order valence-electron chi connectivity index (χ3n) is 6.85. The van der Waals surface area contributed by atoms with E-state index in [9.17, 15) is 9.59 Å². The van der Waals surface area contributed by atoms with E-state index >= 15 is 0 Å². The summed E-state index contributed by atoms with van der Waals surface area (Å²) in [4.78, 5) is 23.4. The van der Waals surface area contributed by atoms with Gasteiger partial charge in [0.05, 0.1) is 27.4 Å². The van der Waals surface area contributed by atoms with Gasteiger partial charge in [0.25, 0.3) is 0 Å². The fourth-order valence-electron chi connectivity index (χ4n) is 4.99. The zero-order valence-electron chi connectivity index (χ0n) is 23.4. The van der Waals surface area contributed by atoms with Crippen molar-refractivity contribution in [3.05, 3.63) is 35.4 Å². The Balaban J connectivity index is 3.29. The van der Waals surface area contributed by atoms with Crippen LogP contribution in [-0.2, 0) is 18.8 Å². The molecule has 0 aromatic heterocycles. The average molecular weight is 507 g/mol. The predicted molar refractivity (Wildman–Crippen MR) is 144 cm³/mol. The molecule has 1 aromatic rings. The van der Waals surface area contributed by atoms with Crippen LogP contribution >= 0.6 is 0 Å². The summed E-state index contributed by atoms with van der Waals surface area (Å²) in [6, 6.07) is 5.92. The van der Waals surface area contributed by atoms with Crippen LogP contribution in [0.25, 0.3) is 0 Å². The van der Waals surface area contributed by atoms with Gasteiger partial charge in [-0.1, -0.05) is 53.2 Å². The molecule has 0 aliphatic heterocycles. The molecule has 198 valence electrons. The van der Waals surface area contributed by atoms with Gasteiger partial charge in [-0.2, -0.15) is 0 Å². The zero-order chi connectivity index (χ0) is 26.8. The number of methoxy groups -OCH3 is 3. The Morgan fingerprint density at radius 1 is 0.857 bits per heavy atom. The number of esters is 1. The number of allylic oxidation sites excluding steroid dienone is 1. The van der Waals surface area contributed by atoms with Crippen molar-refractivity contribution in [3.63, 3.8) is 0 Å². The predicted octanol–water partition coefficient (Wildman–Crippen LogP) is 7.19. The van der Waals surface area contributed by atoms with E-state index in [4.69, 9.17) is 13.9 Å². The second-order valence-corrected chi connectivity index (χ2v) is 15.6. The van der Waals surface area contributed by atoms with Crippen molar-refractivity contribution in [1.82, 2.24) is 0 Å². The molecule has 0 aliphatic rings. The van der Waals surface area contributed by atoms with Crippen LogP contribution in [0, 0.1) is 0 Å². The molecule has 0 bridgehead atoms. The minimum atomic E-state index is -2.18. The molecule has 0 fully saturated rings. The minimum Gasteiger partial charge on any atom is -0.497 e. The molecule has 1 atom stereocenters. The van der Waals surface area contributed by atoms with Gasteiger partial charge >= 0.3 is 5.97 Å². The molecule has 35 heavy (non-hydrogen) atoms. The minimum absolute atomic E-state index is 0.110. The highest BCUT2D eigenvalue weighted by Gasteiger charge is 2.46. The molecule has 1 rings (SSSR count). The number of hydrogen-bond acceptors (Lipinski definition) is 6. The van der Waals surface area contributed by atoms with E-state index in [1.807, 2.05) is 25.1 Å². The SMILES string of the molecule is COC(=O)CC(=O)CC/C(C)=C\CC(O[Si](C(C)C)(C(C)C)C(C)C)c1cc(OC)cc(OC)c1. The van der Waals surface area contributed by atoms with Gasteiger partial charge < -0.3 is 18.6 Å². The van der Waals surface area contributed by atoms with Crippen molar-refractivity contribution >= 4 is 20.1 Å². The van der Waals surface area contributed by atoms with Gasteiger partial charge in [0, 0.05) is 12.5 Å². The van der Waals surface area contributed by atoms with Gasteiger partial charge in [-0.05, 0) is 54.1 Å². The van der Waals surface area contributed by atoms with Gasteiger partial charge in [-0.25, -0.2) is 0 Å². The smallest absolute Gasteiger partial charge is 0.313 e. The molecule has 1 unspecified atom stereocenters. The molecule has 0 aliphatic carbocycles. The van der Waals surface area contributed by atoms with Crippen molar-refractivity contribution in [2.24, 2.45) is 0 Å². The highest BCUT2D eigenvalue weighted by atomic mass is 28.4. The summed E-state index contributed by atoms with van der Waals surface area (Å²) in [5.74, 6) is 0.858. The Morgan fingerprint density at radius 2 is 1.37 bits per heavy atom. The summed E-state index contributed by atoms with van der Waals surface area (Å²) in [6.45, 7) is 15.7. The summed E-state index contributed by atoms with van der Waals surface area (Å²) in [5, 5.41) is 0. The fourth-order valence-corrected chi connectivity index (χ4v) is 10.5. The molecule has 0 radical (unpaired) electrons. The van der Waals surface area contributed by atoms with E-state index in [0.717, 1.165) is 22.6 Å². The highest BCUT2D eigenvalue weighted by molar-refractivity contribution is 6.77. The summed E-state index contributed by atoms with van der Waals surface area (Å²) in [7, 11) is 2.42. The van der Waals surface area contributed by atoms with Crippen LogP contribution in [0.3, 0.4) is 0 Å². The first-order chi connectivity index (χ1) is 16.4. The monoisotopic (exact) mass is 506 g/mol. The summed E-state index contributed by atoms with van der Waals surface area (Å²) < 4.78 is 22.9. The number of carbonyl (C=O) groups is 2. The summed E-state index contributed by atoms with van der Waals surface area (Å²) >= 11 is 0. The number of hydrogen-bond donors (Lipinski definition) is 0. The number of carbonyl (C=O) groups excluding carboxylic acids is 2. The molecular formula is C28H46O6Si. The Hall–Kier alpha value is -2.12. The number of benzene rings is 1. The van der Waals surface area contributed by atoms with Crippen molar-refractivity contribution in [2.75, 3.05) is 21.3 Å². The lowest BCUT2D eigenvalue weighted by Crippen LogP contribution is -2.48. The molecule has 1 aromatic carbocycles. The topological polar surface area (TPSA) is 71.1 Å². The molecule has 0 N–H and O–H groups in total. The van der Waals surface area contributed by atoms with E-state index in [-0.39, 0.29) is 18.3 Å². The first kappa shape index (κ1) is 30.9. The number of Topliss-reactive ketones (excluding diaryl/α,β-unsaturated/α-hetero) is 1. The van der Waals surface area contributed by atoms with Gasteiger partial charge in [-0.15, -0.1) is 0 Å². The molecule has 6 nitrogen and oxygen atoms in total. The normalized spacial score (nSPS) is 13.3. The molecule has 0 saturated heterocycles. The third-order valence-corrected chi connectivity index (χ3v) is 13.0. The Kier molecular flexibility index (Phi) is 12.8. The Labute approximate surface area is 213 Å². The zero-order valence-corrected chi connectivity index (χ0v) is 24.4. The van der Waals surface area contributed by atoms with Crippen molar-refractivity contribution in [3.8, 4) is 11.5 Å². The van der Waals surface area contributed by atoms with Crippen LogP contribution < -0.4 is 9.47 Å². The van der Waals surface area contributed by atoms with Crippen molar-refractivity contribution in [2.45, 2.75) is 96.9 Å². The van der Waals surface area contributed by atoms with Crippen LogP contribution in [0.2, 0.25) is 16.6 Å². The second-order valence-electron chi connectivity index (χ2n) is 10.1. The molecule has 0 spiro atoms. The average Bonchev–Trinajstić information content (AvgIpc) is 2.81. The fraction of sp³-hybridized carbons (Fsp3) is 0.643. The van der Waals surface area contributed by atoms with Gasteiger partial charge in [0.2, 0.25) is 8.32 Å². The van der Waals surface area contributed by atoms with Crippen molar-refractivity contribution in [1.29, 1.82) is 0 Å². The maximum atomic E-state index is 12.1. The quantitative estimate of drug-likeness (QED) is 0.109. The molecule has 7 heteroatoms. The van der Waals surface area contributed by atoms with E-state index < -0.39 is 14.3 Å². The number of ketones is 1. The van der Waals surface area contributed by atoms with Crippen molar-refractivity contribution < 1.29 is 28.2 Å². The maximum absolute atomic E-state index is 12.1. The summed E-state index contributed by atoms with van der Waals surface area (Å²) in [6.07, 6.45) is 3.41. The third kappa shape index (κ3) is 8.80. The first-order valence-corrected chi connectivity index (χ1v) is 14.7. The number of ether oxygens (including phenoxy) is 3. The molecule has 0 saturated carbocycles. The molecule has 0 amide bonds. The van der Waals surface area contributed by atoms with E-state index in [1.54, 1.807) is 14.2 Å². The van der Waals surface area contributed by atoms with Gasteiger partial charge in [-0.3, -0.25) is 9.59 Å². The van der Waals surface area contributed by atoms with E-state index in [1.165, 1.54) is 7.11 Å². The second kappa shape index (κ2) is 14.4. The van der Waals surface area contributed by atoms with E-state index in [0.29, 0.717) is 35.9 Å². The van der Waals surface area contributed by atoms with Crippen LogP contribution in [0.5, 0.6) is 11.5 Å². The lowest BCUT2D eigenvalue weighted by molar-refractivity contribution is -0.143. The molecular weight excluding hydrogens is 460 g/mol. The van der Waals surface area contributed by atoms with E-state index in [2.05, 4.69) is 52.4 Å². The Bertz CT molecular complexity index is 815. The van der Waals surface area contributed by atoms with Crippen LogP contribution in [-0.4, -0.2) is 41.4 Å². The standard InChI is InChI=1S/C28H46O6Si/c1-19(2)35(20(3)4,21(5)6)34-27(23-15-25(31-8)18-26(16-23)32-9)14-12-22(7)11-13-24(29)17-28(30)33-10/h12,15-16,18-21,27H,11,13-14,17H2,1-10H3/b22-12-.